The number of aromatic amines is 1. The topological polar surface area (TPSA) is 125 Å². The van der Waals surface area contributed by atoms with Crippen molar-refractivity contribution >= 4 is 0 Å². The van der Waals surface area contributed by atoms with E-state index in [4.69, 9.17) is 11.2 Å². The fourth-order valence-corrected chi connectivity index (χ4v) is 1.95. The molecular weight excluding hydrogens is 275 g/mol. The van der Waals surface area contributed by atoms with Crippen LogP contribution in [-0.4, -0.2) is 49.3 Å². The zero-order chi connectivity index (χ0) is 15.1. The highest BCUT2D eigenvalue weighted by Crippen LogP contribution is 2.35. The number of terminal acetylenes is 1. The molecule has 0 radical (unpaired) electrons. The van der Waals surface area contributed by atoms with Gasteiger partial charge in [0.15, 0.2) is 11.8 Å². The molecule has 0 aliphatic carbocycles. The Morgan fingerprint density at radius 1 is 1.55 bits per heavy atom. The van der Waals surface area contributed by atoms with E-state index in [2.05, 4.69) is 0 Å². The molecule has 1 aliphatic heterocycles. The number of H-pyrrole nitrogens is 1. The van der Waals surface area contributed by atoms with Gasteiger partial charge in [0, 0.05) is 0 Å². The highest BCUT2D eigenvalue weighted by Gasteiger charge is 2.54. The first-order valence-corrected chi connectivity index (χ1v) is 5.50. The predicted octanol–water partition coefficient (Wildman–Crippen LogP) is -2.71. The van der Waals surface area contributed by atoms with Crippen LogP contribution in [0.5, 0.6) is 0 Å². The van der Waals surface area contributed by atoms with Crippen molar-refractivity contribution in [2.45, 2.75) is 24.0 Å². The van der Waals surface area contributed by atoms with Crippen LogP contribution in [0.2, 0.25) is 0 Å². The molecule has 2 unspecified atom stereocenters. The maximum atomic E-state index is 13.2. The Bertz CT molecular complexity index is 677. The van der Waals surface area contributed by atoms with E-state index < -0.39 is 47.7 Å². The fraction of sp³-hybridized carbons (Fsp3) is 0.455. The van der Waals surface area contributed by atoms with E-state index in [-0.39, 0.29) is 0 Å². The summed E-state index contributed by atoms with van der Waals surface area (Å²) in [5.41, 5.74) is -4.21. The molecule has 1 saturated heterocycles. The van der Waals surface area contributed by atoms with Crippen LogP contribution in [0.1, 0.15) is 6.23 Å². The SMILES string of the molecule is C#C[C@]1(CO)O[C@@H](n2cc(F)c(=O)[nH]c2=O)C(O)C1O. The molecule has 4 N–H and O–H groups in total. The lowest BCUT2D eigenvalue weighted by atomic mass is 9.97. The number of aliphatic hydroxyl groups excluding tert-OH is 3. The van der Waals surface area contributed by atoms with Gasteiger partial charge < -0.3 is 20.1 Å². The third-order valence-corrected chi connectivity index (χ3v) is 3.10. The maximum absolute atomic E-state index is 13.2. The summed E-state index contributed by atoms with van der Waals surface area (Å²) in [4.78, 5) is 24.2. The number of ether oxygens (including phenoxy) is 1. The summed E-state index contributed by atoms with van der Waals surface area (Å²) in [6.45, 7) is -0.821. The maximum Gasteiger partial charge on any atom is 0.330 e. The molecule has 0 aromatic carbocycles. The molecular formula is C11H11FN2O6. The van der Waals surface area contributed by atoms with Crippen LogP contribution in [0.15, 0.2) is 15.8 Å². The van der Waals surface area contributed by atoms with Gasteiger partial charge in [-0.2, -0.15) is 4.39 Å². The molecule has 0 saturated carbocycles. The van der Waals surface area contributed by atoms with Gasteiger partial charge in [-0.15, -0.1) is 6.42 Å². The fourth-order valence-electron chi connectivity index (χ4n) is 1.95. The monoisotopic (exact) mass is 286 g/mol. The van der Waals surface area contributed by atoms with Crippen molar-refractivity contribution in [1.82, 2.24) is 9.55 Å². The third kappa shape index (κ3) is 1.95. The van der Waals surface area contributed by atoms with Crippen molar-refractivity contribution in [2.24, 2.45) is 0 Å². The predicted molar refractivity (Wildman–Crippen MR) is 62.1 cm³/mol. The van der Waals surface area contributed by atoms with Gasteiger partial charge >= 0.3 is 5.69 Å². The molecule has 0 spiro atoms. The summed E-state index contributed by atoms with van der Waals surface area (Å²) in [6, 6.07) is 0. The molecule has 0 amide bonds. The molecule has 108 valence electrons. The van der Waals surface area contributed by atoms with Gasteiger partial charge in [0.2, 0.25) is 5.82 Å². The Hall–Kier alpha value is -1.99. The van der Waals surface area contributed by atoms with Crippen molar-refractivity contribution in [3.8, 4) is 12.3 Å². The Labute approximate surface area is 111 Å². The summed E-state index contributed by atoms with van der Waals surface area (Å²) in [5, 5.41) is 28.8. The highest BCUT2D eigenvalue weighted by molar-refractivity contribution is 5.18. The minimum Gasteiger partial charge on any atom is -0.392 e. The highest BCUT2D eigenvalue weighted by atomic mass is 19.1. The first kappa shape index (κ1) is 14.4. The van der Waals surface area contributed by atoms with Gasteiger partial charge in [-0.25, -0.2) is 4.79 Å². The lowest BCUT2D eigenvalue weighted by molar-refractivity contribution is -0.0939. The van der Waals surface area contributed by atoms with E-state index in [9.17, 15) is 29.3 Å². The first-order chi connectivity index (χ1) is 9.36. The van der Waals surface area contributed by atoms with Crippen molar-refractivity contribution in [2.75, 3.05) is 6.61 Å². The van der Waals surface area contributed by atoms with Gasteiger partial charge in [-0.1, -0.05) is 5.92 Å². The summed E-state index contributed by atoms with van der Waals surface area (Å²) < 4.78 is 18.9. The number of rotatable bonds is 2. The summed E-state index contributed by atoms with van der Waals surface area (Å²) in [5.74, 6) is 0.709. The molecule has 4 atom stereocenters. The molecule has 2 rings (SSSR count). The van der Waals surface area contributed by atoms with E-state index in [1.165, 1.54) is 0 Å². The molecule has 1 fully saturated rings. The number of aliphatic hydroxyl groups is 3. The van der Waals surface area contributed by atoms with Crippen LogP contribution in [0.4, 0.5) is 4.39 Å². The molecule has 0 bridgehead atoms. The van der Waals surface area contributed by atoms with E-state index in [1.807, 2.05) is 5.92 Å². The van der Waals surface area contributed by atoms with Crippen LogP contribution < -0.4 is 11.2 Å². The Balaban J connectivity index is 2.51. The molecule has 1 aromatic rings. The average molecular weight is 286 g/mol. The van der Waals surface area contributed by atoms with Crippen molar-refractivity contribution < 1.29 is 24.4 Å². The van der Waals surface area contributed by atoms with Gasteiger partial charge in [0.25, 0.3) is 5.56 Å². The van der Waals surface area contributed by atoms with Crippen molar-refractivity contribution in [1.29, 1.82) is 0 Å². The second-order valence-corrected chi connectivity index (χ2v) is 4.28. The molecule has 9 heteroatoms. The molecule has 1 aliphatic rings. The third-order valence-electron chi connectivity index (χ3n) is 3.10. The quantitative estimate of drug-likeness (QED) is 0.438. The van der Waals surface area contributed by atoms with Crippen LogP contribution >= 0.6 is 0 Å². The van der Waals surface area contributed by atoms with Crippen LogP contribution in [0.25, 0.3) is 0 Å². The summed E-state index contributed by atoms with van der Waals surface area (Å²) in [6.07, 6.45) is 0.726. The lowest BCUT2D eigenvalue weighted by Crippen LogP contribution is -2.45. The van der Waals surface area contributed by atoms with Crippen LogP contribution in [-0.2, 0) is 4.74 Å². The lowest BCUT2D eigenvalue weighted by Gasteiger charge is -2.23. The number of aromatic nitrogens is 2. The average Bonchev–Trinajstić information content (AvgIpc) is 2.68. The number of nitrogens with one attached hydrogen (secondary N) is 1. The Morgan fingerprint density at radius 3 is 2.70 bits per heavy atom. The standard InChI is InChI=1S/C11H11FN2O6/c1-2-11(4-15)7(17)6(16)9(20-11)14-3-5(12)8(18)13-10(14)19/h1,3,6-7,9,15-17H,4H2,(H,13,18,19)/t6?,7?,9-,11-/m1/s1. The summed E-state index contributed by atoms with van der Waals surface area (Å²) >= 11 is 0. The Morgan fingerprint density at radius 2 is 2.20 bits per heavy atom. The minimum atomic E-state index is -1.92. The van der Waals surface area contributed by atoms with Crippen molar-refractivity contribution in [3.05, 3.63) is 32.9 Å². The van der Waals surface area contributed by atoms with Gasteiger partial charge in [-0.05, 0) is 0 Å². The van der Waals surface area contributed by atoms with Crippen LogP contribution in [0.3, 0.4) is 0 Å². The normalized spacial score (nSPS) is 33.0. The number of hydrogen-bond donors (Lipinski definition) is 4. The molecule has 20 heavy (non-hydrogen) atoms. The largest absolute Gasteiger partial charge is 0.392 e. The second-order valence-electron chi connectivity index (χ2n) is 4.28. The van der Waals surface area contributed by atoms with E-state index in [0.29, 0.717) is 10.8 Å². The smallest absolute Gasteiger partial charge is 0.330 e. The van der Waals surface area contributed by atoms with E-state index in [1.54, 1.807) is 4.98 Å². The van der Waals surface area contributed by atoms with Crippen molar-refractivity contribution in [3.63, 3.8) is 0 Å². The number of nitrogens with zero attached hydrogens (tertiary/aromatic N) is 1. The molecule has 2 heterocycles. The van der Waals surface area contributed by atoms with Gasteiger partial charge in [0.1, 0.15) is 12.2 Å². The second kappa shape index (κ2) is 4.84. The molecule has 1 aromatic heterocycles. The van der Waals surface area contributed by atoms with Gasteiger partial charge in [-0.3, -0.25) is 14.3 Å². The molecule has 8 nitrogen and oxygen atoms in total. The van der Waals surface area contributed by atoms with Crippen LogP contribution in [0, 0.1) is 18.2 Å². The van der Waals surface area contributed by atoms with Gasteiger partial charge in [0.05, 0.1) is 12.8 Å². The van der Waals surface area contributed by atoms with E-state index in [0.717, 1.165) is 0 Å². The first-order valence-electron chi connectivity index (χ1n) is 5.50. The number of halogens is 1. The zero-order valence-corrected chi connectivity index (χ0v) is 9.99. The number of hydrogen-bond acceptors (Lipinski definition) is 6. The zero-order valence-electron chi connectivity index (χ0n) is 9.99. The Kier molecular flexibility index (Phi) is 3.49. The summed E-state index contributed by atoms with van der Waals surface area (Å²) in [7, 11) is 0. The van der Waals surface area contributed by atoms with E-state index >= 15 is 0 Å². The minimum absolute atomic E-state index is 0.520.